The van der Waals surface area contributed by atoms with Crippen LogP contribution in [0.25, 0.3) is 0 Å². The number of carbonyl (C=O) groups is 2. The molecular formula is C46H86N4O13. The van der Waals surface area contributed by atoms with Crippen molar-refractivity contribution in [2.75, 3.05) is 54.5 Å². The van der Waals surface area contributed by atoms with Gasteiger partial charge in [-0.25, -0.2) is 0 Å². The van der Waals surface area contributed by atoms with Crippen molar-refractivity contribution in [3.8, 4) is 0 Å². The molecule has 19 atom stereocenters. The molecule has 4 fully saturated rings. The summed E-state index contributed by atoms with van der Waals surface area (Å²) >= 11 is 0. The van der Waals surface area contributed by atoms with Crippen molar-refractivity contribution in [1.82, 2.24) is 20.4 Å². The predicted molar refractivity (Wildman–Crippen MR) is 237 cm³/mol. The van der Waals surface area contributed by atoms with Gasteiger partial charge < -0.3 is 74.0 Å². The molecule has 6 N–H and O–H groups in total. The molecule has 4 aliphatic rings. The van der Waals surface area contributed by atoms with Crippen LogP contribution >= 0.6 is 0 Å². The van der Waals surface area contributed by atoms with Gasteiger partial charge in [-0.3, -0.25) is 9.59 Å². The molecular weight excluding hydrogens is 817 g/mol. The number of hydrogen-bond donors (Lipinski definition) is 6. The van der Waals surface area contributed by atoms with Gasteiger partial charge in [0.05, 0.1) is 47.6 Å². The number of nitrogens with one attached hydrogen (secondary N) is 2. The lowest BCUT2D eigenvalue weighted by Crippen LogP contribution is -2.61. The Morgan fingerprint density at radius 1 is 1.00 bits per heavy atom. The van der Waals surface area contributed by atoms with Gasteiger partial charge in [-0.2, -0.15) is 0 Å². The summed E-state index contributed by atoms with van der Waals surface area (Å²) in [5.41, 5.74) is -4.42. The summed E-state index contributed by atoms with van der Waals surface area (Å²) in [5, 5.41) is 53.7. The van der Waals surface area contributed by atoms with E-state index in [1.165, 1.54) is 14.0 Å². The summed E-state index contributed by atoms with van der Waals surface area (Å²) < 4.78 is 45.4. The minimum absolute atomic E-state index is 0.0111. The molecule has 4 aliphatic heterocycles. The fourth-order valence-electron chi connectivity index (χ4n) is 10.4. The molecule has 0 aromatic rings. The van der Waals surface area contributed by atoms with E-state index in [-0.39, 0.29) is 49.3 Å². The summed E-state index contributed by atoms with van der Waals surface area (Å²) in [6, 6.07) is -0.850. The molecule has 0 bridgehead atoms. The highest BCUT2D eigenvalue weighted by Crippen LogP contribution is 2.40. The first-order valence-electron chi connectivity index (χ1n) is 23.6. The predicted octanol–water partition coefficient (Wildman–Crippen LogP) is 2.18. The third-order valence-electron chi connectivity index (χ3n) is 14.5. The standard InChI is InChI=1S/C46H86N4O13/c1-15-34-46(10,56)38(51)30(6)50(13)25-26(2)23-44(8,55)40(28(4)36(29(5)42(54)61-34)62-35-24-45(9,57-14)39(52)31(7)60-35)63-43-37(33(49(11)12)22-27(3)59-43)58-21-17-20-48-41(53)32-18-16-19-47-32/h26-40,43,47,51-52,55-56H,15-25H2,1-14H3,(H,48,53)/t26-,27-,28+,29-,30-,31+,32+,33+,34-,35+,36+,37-,38-,39+,40-,43+,44-,45-,46-/m1/s1. The van der Waals surface area contributed by atoms with Gasteiger partial charge >= 0.3 is 5.97 Å². The van der Waals surface area contributed by atoms with Crippen molar-refractivity contribution in [2.45, 2.75) is 211 Å². The lowest BCUT2D eigenvalue weighted by molar-refractivity contribution is -0.321. The van der Waals surface area contributed by atoms with Crippen molar-refractivity contribution >= 4 is 11.9 Å². The average molecular weight is 903 g/mol. The minimum Gasteiger partial charge on any atom is -0.459 e. The first-order chi connectivity index (χ1) is 29.4. The number of likely N-dealkylation sites (N-methyl/N-ethyl adjacent to an activating group) is 2. The van der Waals surface area contributed by atoms with E-state index in [9.17, 15) is 30.0 Å². The van der Waals surface area contributed by atoms with Gasteiger partial charge in [0.1, 0.15) is 30.0 Å². The molecule has 0 unspecified atom stereocenters. The van der Waals surface area contributed by atoms with Crippen molar-refractivity contribution < 1.29 is 63.2 Å². The Morgan fingerprint density at radius 2 is 1.68 bits per heavy atom. The number of esters is 1. The third kappa shape index (κ3) is 13.3. The summed E-state index contributed by atoms with van der Waals surface area (Å²) in [6.07, 6.45) is -5.23. The number of nitrogens with zero attached hydrogens (tertiary/aromatic N) is 2. The maximum absolute atomic E-state index is 14.5. The van der Waals surface area contributed by atoms with E-state index in [1.54, 1.807) is 34.6 Å². The first kappa shape index (κ1) is 54.0. The van der Waals surface area contributed by atoms with Crippen molar-refractivity contribution in [1.29, 1.82) is 0 Å². The van der Waals surface area contributed by atoms with E-state index in [0.29, 0.717) is 32.5 Å². The van der Waals surface area contributed by atoms with Crippen LogP contribution in [0, 0.1) is 17.8 Å². The largest absolute Gasteiger partial charge is 0.459 e. The second-order valence-corrected chi connectivity index (χ2v) is 20.3. The number of ether oxygens (including phenoxy) is 7. The summed E-state index contributed by atoms with van der Waals surface area (Å²) in [7, 11) is 7.34. The zero-order chi connectivity index (χ0) is 47.2. The van der Waals surface area contributed by atoms with Crippen LogP contribution in [0.4, 0.5) is 0 Å². The van der Waals surface area contributed by atoms with E-state index >= 15 is 0 Å². The van der Waals surface area contributed by atoms with Crippen LogP contribution in [0.2, 0.25) is 0 Å². The van der Waals surface area contributed by atoms with Gasteiger partial charge in [-0.15, -0.1) is 0 Å². The second kappa shape index (κ2) is 22.9. The normalized spacial score (nSPS) is 45.3. The molecule has 63 heavy (non-hydrogen) atoms. The molecule has 0 aliphatic carbocycles. The molecule has 4 rings (SSSR count). The number of aliphatic hydroxyl groups is 4. The SMILES string of the molecule is CC[C@H]1OC(=O)[C@H](C)[C@@H](O[C@H]2C[C@@](C)(OC)[C@@H](O)[C@H](C)O2)[C@H](C)[C@@H](O[C@@H]2O[C@H](C)C[C@H](N(C)C)[C@H]2OCCCNC(=O)[C@@H]2CCCN2)[C@](C)(O)C[C@@H](C)CN(C)[C@H](C)[C@@H](O)[C@]1(C)O. The molecule has 4 heterocycles. The molecule has 17 nitrogen and oxygen atoms in total. The number of amides is 1. The van der Waals surface area contributed by atoms with Crippen LogP contribution in [0.3, 0.4) is 0 Å². The van der Waals surface area contributed by atoms with Crippen molar-refractivity contribution in [3.05, 3.63) is 0 Å². The van der Waals surface area contributed by atoms with Gasteiger partial charge in [0.15, 0.2) is 12.6 Å². The maximum atomic E-state index is 14.5. The number of cyclic esters (lactones) is 1. The molecule has 0 spiro atoms. The van der Waals surface area contributed by atoms with E-state index < -0.39 is 96.0 Å². The zero-order valence-corrected chi connectivity index (χ0v) is 40.9. The molecule has 0 aromatic heterocycles. The van der Waals surface area contributed by atoms with Crippen LogP contribution in [-0.2, 0) is 42.7 Å². The van der Waals surface area contributed by atoms with Gasteiger partial charge in [0.25, 0.3) is 0 Å². The minimum atomic E-state index is -1.82. The van der Waals surface area contributed by atoms with Gasteiger partial charge in [-0.05, 0) is 121 Å². The molecule has 0 aromatic carbocycles. The van der Waals surface area contributed by atoms with Gasteiger partial charge in [0, 0.05) is 51.2 Å². The van der Waals surface area contributed by atoms with Gasteiger partial charge in [0.2, 0.25) is 5.91 Å². The highest BCUT2D eigenvalue weighted by Gasteiger charge is 2.53. The number of methoxy groups -OCH3 is 1. The van der Waals surface area contributed by atoms with E-state index in [4.69, 9.17) is 33.2 Å². The molecule has 0 radical (unpaired) electrons. The molecule has 4 saturated heterocycles. The molecule has 1 amide bonds. The number of rotatable bonds is 13. The number of hydrogen-bond acceptors (Lipinski definition) is 16. The topological polar surface area (TPSA) is 210 Å². The zero-order valence-electron chi connectivity index (χ0n) is 40.9. The van der Waals surface area contributed by atoms with Crippen molar-refractivity contribution in [2.24, 2.45) is 17.8 Å². The highest BCUT2D eigenvalue weighted by molar-refractivity contribution is 5.81. The lowest BCUT2D eigenvalue weighted by atomic mass is 9.77. The van der Waals surface area contributed by atoms with Gasteiger partial charge in [-0.1, -0.05) is 20.8 Å². The summed E-state index contributed by atoms with van der Waals surface area (Å²) in [4.78, 5) is 31.2. The van der Waals surface area contributed by atoms with Crippen LogP contribution in [0.5, 0.6) is 0 Å². The Morgan fingerprint density at radius 3 is 2.29 bits per heavy atom. The molecule has 17 heteroatoms. The van der Waals surface area contributed by atoms with Crippen molar-refractivity contribution in [3.63, 3.8) is 0 Å². The monoisotopic (exact) mass is 903 g/mol. The fourth-order valence-corrected chi connectivity index (χ4v) is 10.4. The Kier molecular flexibility index (Phi) is 19.7. The first-order valence-corrected chi connectivity index (χ1v) is 23.6. The van der Waals surface area contributed by atoms with E-state index in [0.717, 1.165) is 19.4 Å². The Balaban J connectivity index is 1.76. The van der Waals surface area contributed by atoms with Crippen LogP contribution in [-0.4, -0.2) is 193 Å². The smallest absolute Gasteiger partial charge is 0.311 e. The van der Waals surface area contributed by atoms with E-state index in [2.05, 4.69) is 15.5 Å². The molecule has 368 valence electrons. The summed E-state index contributed by atoms with van der Waals surface area (Å²) in [6.45, 7) is 19.9. The second-order valence-electron chi connectivity index (χ2n) is 20.3. The van der Waals surface area contributed by atoms with Crippen LogP contribution in [0.15, 0.2) is 0 Å². The fraction of sp³-hybridized carbons (Fsp3) is 0.957. The highest BCUT2D eigenvalue weighted by atomic mass is 16.7. The Bertz CT molecular complexity index is 1440. The van der Waals surface area contributed by atoms with E-state index in [1.807, 2.05) is 53.7 Å². The lowest BCUT2D eigenvalue weighted by Gasteiger charge is -2.49. The third-order valence-corrected chi connectivity index (χ3v) is 14.5. The molecule has 0 saturated carbocycles. The average Bonchev–Trinajstić information content (AvgIpc) is 3.77. The number of carbonyl (C=O) groups excluding carboxylic acids is 2. The van der Waals surface area contributed by atoms with Crippen LogP contribution < -0.4 is 10.6 Å². The van der Waals surface area contributed by atoms with Crippen LogP contribution in [0.1, 0.15) is 114 Å². The Labute approximate surface area is 377 Å². The summed E-state index contributed by atoms with van der Waals surface area (Å²) in [5.74, 6) is -2.62. The number of aliphatic hydroxyl groups excluding tert-OH is 2. The maximum Gasteiger partial charge on any atom is 0.311 e. The quantitative estimate of drug-likeness (QED) is 0.116. The Hall–Kier alpha value is -1.58.